The van der Waals surface area contributed by atoms with Crippen LogP contribution in [0, 0.1) is 6.92 Å². The fraction of sp³-hybridized carbons (Fsp3) is 0.375. The van der Waals surface area contributed by atoms with E-state index < -0.39 is 0 Å². The number of piperazine rings is 1. The zero-order valence-corrected chi connectivity index (χ0v) is 18.2. The normalized spacial score (nSPS) is 14.6. The summed E-state index contributed by atoms with van der Waals surface area (Å²) in [7, 11) is 1.65. The van der Waals surface area contributed by atoms with E-state index in [2.05, 4.69) is 32.2 Å². The zero-order chi connectivity index (χ0) is 21.6. The lowest BCUT2D eigenvalue weighted by molar-refractivity contribution is -0.132. The maximum atomic E-state index is 13.0. The average molecular weight is 420 g/mol. The molecule has 0 spiro atoms. The molecule has 0 bridgehead atoms. The Morgan fingerprint density at radius 2 is 1.77 bits per heavy atom. The van der Waals surface area contributed by atoms with Gasteiger partial charge in [0.1, 0.15) is 5.75 Å². The first-order valence-corrected chi connectivity index (χ1v) is 10.7. The second-order valence-electron chi connectivity index (χ2n) is 7.91. The van der Waals surface area contributed by atoms with Gasteiger partial charge >= 0.3 is 0 Å². The van der Waals surface area contributed by atoms with E-state index in [1.807, 2.05) is 48.5 Å². The van der Waals surface area contributed by atoms with Crippen molar-refractivity contribution in [2.24, 2.45) is 0 Å². The highest BCUT2D eigenvalue weighted by Crippen LogP contribution is 2.26. The number of aromatic amines is 1. The second-order valence-corrected chi connectivity index (χ2v) is 7.91. The predicted octanol–water partition coefficient (Wildman–Crippen LogP) is 2.72. The number of rotatable bonds is 7. The molecule has 2 aromatic heterocycles. The van der Waals surface area contributed by atoms with E-state index in [1.165, 1.54) is 5.56 Å². The molecule has 1 fully saturated rings. The van der Waals surface area contributed by atoms with E-state index in [9.17, 15) is 4.79 Å². The van der Waals surface area contributed by atoms with Crippen molar-refractivity contribution in [1.82, 2.24) is 25.0 Å². The molecule has 0 atom stereocenters. The number of benzene rings is 1. The number of amides is 1. The highest BCUT2D eigenvalue weighted by molar-refractivity contribution is 5.82. The molecule has 1 amide bonds. The molecule has 4 rings (SSSR count). The Hall–Kier alpha value is -3.19. The summed E-state index contributed by atoms with van der Waals surface area (Å²) in [5.41, 5.74) is 5.03. The summed E-state index contributed by atoms with van der Waals surface area (Å²) in [5.74, 6) is 0.962. The van der Waals surface area contributed by atoms with Crippen molar-refractivity contribution in [3.63, 3.8) is 0 Å². The Morgan fingerprint density at radius 1 is 1.06 bits per heavy atom. The zero-order valence-electron chi connectivity index (χ0n) is 18.2. The van der Waals surface area contributed by atoms with Gasteiger partial charge in [0.15, 0.2) is 0 Å². The summed E-state index contributed by atoms with van der Waals surface area (Å²) in [6.07, 6.45) is 5.05. The molecular weight excluding hydrogens is 390 g/mol. The summed E-state index contributed by atoms with van der Waals surface area (Å²) < 4.78 is 5.24. The maximum absolute atomic E-state index is 13.0. The van der Waals surface area contributed by atoms with Crippen molar-refractivity contribution >= 4 is 5.91 Å². The number of nitrogens with one attached hydrogen (secondary N) is 1. The minimum Gasteiger partial charge on any atom is -0.497 e. The molecular formula is C24H29N5O2. The summed E-state index contributed by atoms with van der Waals surface area (Å²) in [4.78, 5) is 21.5. The average Bonchev–Trinajstić information content (AvgIpc) is 3.18. The van der Waals surface area contributed by atoms with Crippen LogP contribution in [0.4, 0.5) is 0 Å². The van der Waals surface area contributed by atoms with E-state index in [0.717, 1.165) is 67.4 Å². The van der Waals surface area contributed by atoms with Crippen molar-refractivity contribution in [3.05, 3.63) is 65.6 Å². The van der Waals surface area contributed by atoms with E-state index in [4.69, 9.17) is 4.74 Å². The molecule has 162 valence electrons. The van der Waals surface area contributed by atoms with Crippen molar-refractivity contribution in [2.75, 3.05) is 39.8 Å². The van der Waals surface area contributed by atoms with Crippen LogP contribution in [0.2, 0.25) is 0 Å². The first-order chi connectivity index (χ1) is 15.1. The summed E-state index contributed by atoms with van der Waals surface area (Å²) in [6.45, 7) is 6.33. The van der Waals surface area contributed by atoms with Gasteiger partial charge in [0.05, 0.1) is 19.2 Å². The molecule has 0 aliphatic carbocycles. The van der Waals surface area contributed by atoms with Crippen LogP contribution in [0.3, 0.4) is 0 Å². The Bertz CT molecular complexity index is 993. The lowest BCUT2D eigenvalue weighted by atomic mass is 10.0. The fourth-order valence-corrected chi connectivity index (χ4v) is 3.98. The van der Waals surface area contributed by atoms with Crippen LogP contribution in [0.25, 0.3) is 11.3 Å². The van der Waals surface area contributed by atoms with Gasteiger partial charge in [0, 0.05) is 61.9 Å². The van der Waals surface area contributed by atoms with Gasteiger partial charge in [-0.1, -0.05) is 0 Å². The van der Waals surface area contributed by atoms with Gasteiger partial charge in [0.2, 0.25) is 5.91 Å². The molecule has 0 radical (unpaired) electrons. The van der Waals surface area contributed by atoms with E-state index in [0.29, 0.717) is 6.42 Å². The molecule has 1 saturated heterocycles. The molecule has 7 nitrogen and oxygen atoms in total. The molecule has 3 aromatic rings. The smallest absolute Gasteiger partial charge is 0.227 e. The number of H-pyrrole nitrogens is 1. The van der Waals surface area contributed by atoms with Gasteiger partial charge in [-0.25, -0.2) is 0 Å². The van der Waals surface area contributed by atoms with Crippen molar-refractivity contribution in [1.29, 1.82) is 0 Å². The van der Waals surface area contributed by atoms with Crippen LogP contribution in [0.15, 0.2) is 48.8 Å². The van der Waals surface area contributed by atoms with E-state index in [1.54, 1.807) is 7.11 Å². The van der Waals surface area contributed by atoms with Crippen LogP contribution in [0.5, 0.6) is 5.75 Å². The first-order valence-electron chi connectivity index (χ1n) is 10.7. The first kappa shape index (κ1) is 21.1. The number of carbonyl (C=O) groups excluding carboxylic acids is 1. The Labute approximate surface area is 183 Å². The fourth-order valence-electron chi connectivity index (χ4n) is 3.98. The van der Waals surface area contributed by atoms with Crippen LogP contribution in [0.1, 0.15) is 16.8 Å². The standard InChI is InChI=1S/C24H29N5O2/c1-18-22(24(27-26-18)20-3-5-21(31-2)6-4-20)17-23(30)29-15-13-28(14-16-29)12-9-19-7-10-25-11-8-19/h3-8,10-11H,9,12-17H2,1-2H3,(H,26,27). The number of pyridine rings is 1. The molecule has 0 unspecified atom stereocenters. The Balaban J connectivity index is 1.33. The number of hydrogen-bond acceptors (Lipinski definition) is 5. The quantitative estimate of drug-likeness (QED) is 0.637. The largest absolute Gasteiger partial charge is 0.497 e. The highest BCUT2D eigenvalue weighted by Gasteiger charge is 2.23. The molecule has 3 heterocycles. The van der Waals surface area contributed by atoms with Crippen molar-refractivity contribution in [3.8, 4) is 17.0 Å². The van der Waals surface area contributed by atoms with Crippen LogP contribution >= 0.6 is 0 Å². The van der Waals surface area contributed by atoms with Gasteiger partial charge in [0.25, 0.3) is 0 Å². The van der Waals surface area contributed by atoms with Crippen molar-refractivity contribution in [2.45, 2.75) is 19.8 Å². The Morgan fingerprint density at radius 3 is 2.45 bits per heavy atom. The third-order valence-corrected chi connectivity index (χ3v) is 5.96. The molecule has 7 heteroatoms. The third kappa shape index (κ3) is 5.11. The minimum absolute atomic E-state index is 0.160. The topological polar surface area (TPSA) is 74.3 Å². The van der Waals surface area contributed by atoms with Crippen LogP contribution < -0.4 is 4.74 Å². The summed E-state index contributed by atoms with van der Waals surface area (Å²) in [5, 5.41) is 7.50. The van der Waals surface area contributed by atoms with E-state index in [-0.39, 0.29) is 5.91 Å². The van der Waals surface area contributed by atoms with Gasteiger partial charge in [-0.2, -0.15) is 5.10 Å². The van der Waals surface area contributed by atoms with Gasteiger partial charge < -0.3 is 9.64 Å². The Kier molecular flexibility index (Phi) is 6.62. The third-order valence-electron chi connectivity index (χ3n) is 5.96. The van der Waals surface area contributed by atoms with Crippen LogP contribution in [-0.4, -0.2) is 70.7 Å². The van der Waals surface area contributed by atoms with E-state index >= 15 is 0 Å². The molecule has 1 aliphatic heterocycles. The number of aromatic nitrogens is 3. The predicted molar refractivity (Wildman–Crippen MR) is 120 cm³/mol. The summed E-state index contributed by atoms with van der Waals surface area (Å²) >= 11 is 0. The van der Waals surface area contributed by atoms with Gasteiger partial charge in [-0.3, -0.25) is 19.8 Å². The highest BCUT2D eigenvalue weighted by atomic mass is 16.5. The lowest BCUT2D eigenvalue weighted by Crippen LogP contribution is -2.49. The van der Waals surface area contributed by atoms with Crippen molar-refractivity contribution < 1.29 is 9.53 Å². The number of ether oxygens (including phenoxy) is 1. The lowest BCUT2D eigenvalue weighted by Gasteiger charge is -2.34. The molecule has 1 aliphatic rings. The number of methoxy groups -OCH3 is 1. The number of hydrogen-bond donors (Lipinski definition) is 1. The molecule has 1 aromatic carbocycles. The molecule has 31 heavy (non-hydrogen) atoms. The molecule has 1 N–H and O–H groups in total. The van der Waals surface area contributed by atoms with Gasteiger partial charge in [-0.05, 0) is 55.3 Å². The van der Waals surface area contributed by atoms with Crippen LogP contribution in [-0.2, 0) is 17.6 Å². The summed E-state index contributed by atoms with van der Waals surface area (Å²) in [6, 6.07) is 11.9. The number of nitrogens with zero attached hydrogens (tertiary/aromatic N) is 4. The molecule has 0 saturated carbocycles. The van der Waals surface area contributed by atoms with Gasteiger partial charge in [-0.15, -0.1) is 0 Å². The second kappa shape index (κ2) is 9.75. The SMILES string of the molecule is COc1ccc(-c2n[nH]c(C)c2CC(=O)N2CCN(CCc3ccncc3)CC2)cc1. The number of carbonyl (C=O) groups is 1. The minimum atomic E-state index is 0.160. The number of aryl methyl sites for hydroxylation is 1. The monoisotopic (exact) mass is 419 g/mol. The maximum Gasteiger partial charge on any atom is 0.227 e.